The Morgan fingerprint density at radius 3 is 2.58 bits per heavy atom. The third-order valence-electron chi connectivity index (χ3n) is 3.07. The molecule has 0 spiro atoms. The normalized spacial score (nSPS) is 10.8. The van der Waals surface area contributed by atoms with E-state index < -0.39 is 0 Å². The second-order valence-corrected chi connectivity index (χ2v) is 4.36. The molecule has 1 aromatic heterocycles. The number of nitro benzene ring substituents is 1. The summed E-state index contributed by atoms with van der Waals surface area (Å²) in [5, 5.41) is 15.8. The molecule has 5 nitrogen and oxygen atoms in total. The largest absolute Gasteiger partial charge is 0.280 e. The van der Waals surface area contributed by atoms with Crippen molar-refractivity contribution in [2.45, 2.75) is 6.92 Å². The zero-order chi connectivity index (χ0) is 13.4. The number of hydrogen-bond acceptors (Lipinski definition) is 3. The van der Waals surface area contributed by atoms with Crippen molar-refractivity contribution in [2.24, 2.45) is 0 Å². The summed E-state index contributed by atoms with van der Waals surface area (Å²) in [5.41, 5.74) is 2.86. The zero-order valence-electron chi connectivity index (χ0n) is 10.3. The number of nitrogens with zero attached hydrogens (tertiary/aromatic N) is 3. The Labute approximate surface area is 109 Å². The van der Waals surface area contributed by atoms with E-state index in [2.05, 4.69) is 5.10 Å². The van der Waals surface area contributed by atoms with Crippen molar-refractivity contribution in [3.05, 3.63) is 64.3 Å². The van der Waals surface area contributed by atoms with Gasteiger partial charge < -0.3 is 0 Å². The summed E-state index contributed by atoms with van der Waals surface area (Å²) in [4.78, 5) is 10.6. The number of hydrogen-bond donors (Lipinski definition) is 0. The van der Waals surface area contributed by atoms with Crippen LogP contribution >= 0.6 is 0 Å². The fourth-order valence-corrected chi connectivity index (χ4v) is 2.09. The molecule has 5 heteroatoms. The molecular weight excluding hydrogens is 242 g/mol. The molecule has 0 saturated heterocycles. The van der Waals surface area contributed by atoms with Crippen molar-refractivity contribution in [2.75, 3.05) is 0 Å². The molecule has 0 fully saturated rings. The van der Waals surface area contributed by atoms with Crippen LogP contribution in [0.5, 0.6) is 0 Å². The van der Waals surface area contributed by atoms with Gasteiger partial charge >= 0.3 is 0 Å². The summed E-state index contributed by atoms with van der Waals surface area (Å²) in [6.45, 7) is 2.01. The van der Waals surface area contributed by atoms with E-state index in [-0.39, 0.29) is 10.6 Å². The molecule has 3 rings (SSSR count). The third kappa shape index (κ3) is 1.85. The molecule has 2 aromatic carbocycles. The van der Waals surface area contributed by atoms with Gasteiger partial charge in [0.2, 0.25) is 0 Å². The van der Waals surface area contributed by atoms with E-state index >= 15 is 0 Å². The van der Waals surface area contributed by atoms with Crippen molar-refractivity contribution in [1.29, 1.82) is 0 Å². The molecule has 0 unspecified atom stereocenters. The van der Waals surface area contributed by atoms with E-state index in [4.69, 9.17) is 0 Å². The Morgan fingerprint density at radius 1 is 1.16 bits per heavy atom. The minimum absolute atomic E-state index is 0.0795. The quantitative estimate of drug-likeness (QED) is 0.520. The van der Waals surface area contributed by atoms with Gasteiger partial charge in [-0.15, -0.1) is 0 Å². The Kier molecular flexibility index (Phi) is 2.52. The summed E-state index contributed by atoms with van der Waals surface area (Å²) in [6, 6.07) is 12.9. The van der Waals surface area contributed by atoms with E-state index in [0.717, 1.165) is 16.8 Å². The predicted octanol–water partition coefficient (Wildman–Crippen LogP) is 3.24. The first-order chi connectivity index (χ1) is 9.16. The van der Waals surface area contributed by atoms with Crippen molar-refractivity contribution < 1.29 is 4.92 Å². The van der Waals surface area contributed by atoms with Gasteiger partial charge in [0.1, 0.15) is 0 Å². The van der Waals surface area contributed by atoms with E-state index in [9.17, 15) is 10.1 Å². The lowest BCUT2D eigenvalue weighted by molar-refractivity contribution is -0.383. The smallest absolute Gasteiger partial charge is 0.258 e. The average Bonchev–Trinajstić information content (AvgIpc) is 2.83. The maximum atomic E-state index is 11.0. The lowest BCUT2D eigenvalue weighted by Gasteiger charge is -2.03. The van der Waals surface area contributed by atoms with Gasteiger partial charge in [-0.05, 0) is 25.1 Å². The molecule has 1 heterocycles. The van der Waals surface area contributed by atoms with Gasteiger partial charge in [-0.3, -0.25) is 10.1 Å². The maximum Gasteiger partial charge on any atom is 0.280 e. The number of nitro groups is 1. The van der Waals surface area contributed by atoms with Gasteiger partial charge in [-0.25, -0.2) is 4.68 Å². The molecule has 0 aliphatic carbocycles. The third-order valence-corrected chi connectivity index (χ3v) is 3.07. The molecule has 0 radical (unpaired) electrons. The molecule has 0 saturated carbocycles. The highest BCUT2D eigenvalue weighted by molar-refractivity contribution is 5.88. The van der Waals surface area contributed by atoms with Crippen LogP contribution in [0.4, 0.5) is 5.69 Å². The maximum absolute atomic E-state index is 11.0. The molecular formula is C14H11N3O2. The first kappa shape index (κ1) is 11.4. The number of aryl methyl sites for hydroxylation is 1. The van der Waals surface area contributed by atoms with E-state index in [1.54, 1.807) is 10.7 Å². The Bertz CT molecular complexity index is 760. The Balaban J connectivity index is 2.24. The zero-order valence-corrected chi connectivity index (χ0v) is 10.3. The highest BCUT2D eigenvalue weighted by atomic mass is 16.6. The first-order valence-electron chi connectivity index (χ1n) is 5.85. The van der Waals surface area contributed by atoms with Gasteiger partial charge in [0.05, 0.1) is 27.7 Å². The van der Waals surface area contributed by atoms with Gasteiger partial charge in [-0.2, -0.15) is 5.10 Å². The lowest BCUT2D eigenvalue weighted by Crippen LogP contribution is -1.96. The Morgan fingerprint density at radius 2 is 1.89 bits per heavy atom. The van der Waals surface area contributed by atoms with Crippen LogP contribution < -0.4 is 0 Å². The van der Waals surface area contributed by atoms with E-state index in [1.807, 2.05) is 37.3 Å². The number of aromatic nitrogens is 2. The molecule has 0 bridgehead atoms. The van der Waals surface area contributed by atoms with Crippen LogP contribution in [-0.4, -0.2) is 14.7 Å². The SMILES string of the molecule is Cc1ccc(-n2ncc3c([N+](=O)[O-])cccc32)cc1. The fraction of sp³-hybridized carbons (Fsp3) is 0.0714. The van der Waals surface area contributed by atoms with Crippen molar-refractivity contribution in [3.63, 3.8) is 0 Å². The number of benzene rings is 2. The van der Waals surface area contributed by atoms with Gasteiger partial charge in [0.25, 0.3) is 5.69 Å². The van der Waals surface area contributed by atoms with Crippen LogP contribution in [0.2, 0.25) is 0 Å². The van der Waals surface area contributed by atoms with Gasteiger partial charge in [-0.1, -0.05) is 23.8 Å². The van der Waals surface area contributed by atoms with Crippen molar-refractivity contribution in [1.82, 2.24) is 9.78 Å². The summed E-state index contributed by atoms with van der Waals surface area (Å²) >= 11 is 0. The standard InChI is InChI=1S/C14H11N3O2/c1-10-5-7-11(8-6-10)16-13-3-2-4-14(17(18)19)12(13)9-15-16/h2-9H,1H3. The minimum atomic E-state index is -0.385. The average molecular weight is 253 g/mol. The van der Waals surface area contributed by atoms with Crippen molar-refractivity contribution >= 4 is 16.6 Å². The second kappa shape index (κ2) is 4.20. The molecule has 3 aromatic rings. The second-order valence-electron chi connectivity index (χ2n) is 4.36. The molecule has 94 valence electrons. The van der Waals surface area contributed by atoms with Crippen LogP contribution in [-0.2, 0) is 0 Å². The summed E-state index contributed by atoms with van der Waals surface area (Å²) in [6.07, 6.45) is 1.54. The highest BCUT2D eigenvalue weighted by Crippen LogP contribution is 2.26. The van der Waals surface area contributed by atoms with Crippen LogP contribution in [0.15, 0.2) is 48.7 Å². The summed E-state index contributed by atoms with van der Waals surface area (Å²) < 4.78 is 1.71. The van der Waals surface area contributed by atoms with E-state index in [1.165, 1.54) is 12.3 Å². The molecule has 0 aliphatic rings. The fourth-order valence-electron chi connectivity index (χ4n) is 2.09. The summed E-state index contributed by atoms with van der Waals surface area (Å²) in [7, 11) is 0. The molecule has 0 atom stereocenters. The predicted molar refractivity (Wildman–Crippen MR) is 72.5 cm³/mol. The van der Waals surface area contributed by atoms with Crippen LogP contribution in [0, 0.1) is 17.0 Å². The van der Waals surface area contributed by atoms with Gasteiger partial charge in [0, 0.05) is 6.07 Å². The number of rotatable bonds is 2. The topological polar surface area (TPSA) is 61.0 Å². The lowest BCUT2D eigenvalue weighted by atomic mass is 10.2. The monoisotopic (exact) mass is 253 g/mol. The number of fused-ring (bicyclic) bond motifs is 1. The minimum Gasteiger partial charge on any atom is -0.258 e. The van der Waals surface area contributed by atoms with Crippen LogP contribution in [0.3, 0.4) is 0 Å². The highest BCUT2D eigenvalue weighted by Gasteiger charge is 2.15. The molecule has 0 amide bonds. The van der Waals surface area contributed by atoms with E-state index in [0.29, 0.717) is 5.39 Å². The van der Waals surface area contributed by atoms with Gasteiger partial charge in [0.15, 0.2) is 0 Å². The Hall–Kier alpha value is -2.69. The number of non-ortho nitro benzene ring substituents is 1. The van der Waals surface area contributed by atoms with Crippen molar-refractivity contribution in [3.8, 4) is 5.69 Å². The van der Waals surface area contributed by atoms with Crippen LogP contribution in [0.25, 0.3) is 16.6 Å². The molecule has 19 heavy (non-hydrogen) atoms. The van der Waals surface area contributed by atoms with Crippen LogP contribution in [0.1, 0.15) is 5.56 Å². The molecule has 0 N–H and O–H groups in total. The first-order valence-corrected chi connectivity index (χ1v) is 5.85. The molecule has 0 aliphatic heterocycles. The summed E-state index contributed by atoms with van der Waals surface area (Å²) in [5.74, 6) is 0.